The van der Waals surface area contributed by atoms with Gasteiger partial charge in [-0.3, -0.25) is 14.0 Å². The lowest BCUT2D eigenvalue weighted by Gasteiger charge is -2.24. The van der Waals surface area contributed by atoms with Crippen LogP contribution >= 0.6 is 0 Å². The van der Waals surface area contributed by atoms with Crippen molar-refractivity contribution >= 4 is 34.2 Å². The molecule has 9 nitrogen and oxygen atoms in total. The topological polar surface area (TPSA) is 129 Å². The number of benzene rings is 2. The second-order valence-electron chi connectivity index (χ2n) is 7.21. The SMILES string of the molecule is CN(C(=O)c1ccc2nc(N)c3cncn3c2c1)[C@@H]1COc2cc(C(N)=O)ccc21. The number of hydrogen-bond donors (Lipinski definition) is 2. The van der Waals surface area contributed by atoms with Crippen LogP contribution in [0.15, 0.2) is 48.9 Å². The van der Waals surface area contributed by atoms with Gasteiger partial charge in [-0.15, -0.1) is 0 Å². The van der Waals surface area contributed by atoms with Crippen molar-refractivity contribution in [3.8, 4) is 5.75 Å². The third-order valence-electron chi connectivity index (χ3n) is 5.47. The van der Waals surface area contributed by atoms with E-state index < -0.39 is 5.91 Å². The molecule has 0 radical (unpaired) electrons. The van der Waals surface area contributed by atoms with Crippen LogP contribution < -0.4 is 16.2 Å². The van der Waals surface area contributed by atoms with E-state index >= 15 is 0 Å². The number of hydrogen-bond acceptors (Lipinski definition) is 6. The molecular weight excluding hydrogens is 384 g/mol. The molecule has 30 heavy (non-hydrogen) atoms. The van der Waals surface area contributed by atoms with Gasteiger partial charge in [0.05, 0.1) is 29.6 Å². The number of carbonyl (C=O) groups excluding carboxylic acids is 2. The molecule has 0 spiro atoms. The molecule has 0 unspecified atom stereocenters. The van der Waals surface area contributed by atoms with Crippen LogP contribution in [0.3, 0.4) is 0 Å². The van der Waals surface area contributed by atoms with Crippen LogP contribution in [0.5, 0.6) is 5.75 Å². The standard InChI is InChI=1S/C21H18N6O3/c1-26(17-9-30-18-7-11(20(23)28)2-4-13(17)18)21(29)12-3-5-14-15(6-12)27-10-24-8-16(27)19(22)25-14/h2-8,10,17H,9H2,1H3,(H2,22,25)(H2,23,28)/t17-/m1/s1. The van der Waals surface area contributed by atoms with Crippen molar-refractivity contribution in [3.63, 3.8) is 0 Å². The van der Waals surface area contributed by atoms with Crippen molar-refractivity contribution in [2.24, 2.45) is 5.73 Å². The number of ether oxygens (including phenoxy) is 1. The highest BCUT2D eigenvalue weighted by Crippen LogP contribution is 2.37. The summed E-state index contributed by atoms with van der Waals surface area (Å²) in [7, 11) is 1.73. The van der Waals surface area contributed by atoms with Gasteiger partial charge in [0.15, 0.2) is 0 Å². The first-order valence-corrected chi connectivity index (χ1v) is 9.29. The van der Waals surface area contributed by atoms with Crippen molar-refractivity contribution < 1.29 is 14.3 Å². The van der Waals surface area contributed by atoms with Crippen molar-refractivity contribution in [1.29, 1.82) is 0 Å². The monoisotopic (exact) mass is 402 g/mol. The summed E-state index contributed by atoms with van der Waals surface area (Å²) >= 11 is 0. The van der Waals surface area contributed by atoms with Crippen LogP contribution in [0.25, 0.3) is 16.6 Å². The first-order valence-electron chi connectivity index (χ1n) is 9.29. The Morgan fingerprint density at radius 3 is 2.77 bits per heavy atom. The maximum Gasteiger partial charge on any atom is 0.254 e. The lowest BCUT2D eigenvalue weighted by Crippen LogP contribution is -2.32. The van der Waals surface area contributed by atoms with Gasteiger partial charge in [0.1, 0.15) is 23.7 Å². The van der Waals surface area contributed by atoms with E-state index in [9.17, 15) is 9.59 Å². The summed E-state index contributed by atoms with van der Waals surface area (Å²) < 4.78 is 7.52. The molecule has 2 aromatic heterocycles. The molecule has 9 heteroatoms. The minimum absolute atomic E-state index is 0.164. The Balaban J connectivity index is 1.50. The first-order chi connectivity index (χ1) is 14.4. The minimum atomic E-state index is -0.523. The average Bonchev–Trinajstić information content (AvgIpc) is 3.40. The molecule has 1 aliphatic rings. The smallest absolute Gasteiger partial charge is 0.254 e. The van der Waals surface area contributed by atoms with Gasteiger partial charge >= 0.3 is 0 Å². The van der Waals surface area contributed by atoms with Gasteiger partial charge in [-0.1, -0.05) is 6.07 Å². The fourth-order valence-corrected chi connectivity index (χ4v) is 3.82. The number of nitrogen functional groups attached to an aromatic ring is 1. The normalized spacial score (nSPS) is 15.2. The molecule has 150 valence electrons. The molecule has 5 rings (SSSR count). The van der Waals surface area contributed by atoms with Crippen molar-refractivity contribution in [3.05, 3.63) is 65.6 Å². The zero-order valence-corrected chi connectivity index (χ0v) is 16.1. The van der Waals surface area contributed by atoms with E-state index in [1.807, 2.05) is 4.40 Å². The van der Waals surface area contributed by atoms with Crippen molar-refractivity contribution in [2.45, 2.75) is 6.04 Å². The molecule has 4 N–H and O–H groups in total. The molecule has 0 bridgehead atoms. The van der Waals surface area contributed by atoms with E-state index in [-0.39, 0.29) is 11.9 Å². The number of aromatic nitrogens is 3. The zero-order valence-electron chi connectivity index (χ0n) is 16.1. The number of primary amides is 1. The van der Waals surface area contributed by atoms with Gasteiger partial charge in [0.2, 0.25) is 5.91 Å². The van der Waals surface area contributed by atoms with Gasteiger partial charge < -0.3 is 21.1 Å². The number of imidazole rings is 1. The summed E-state index contributed by atoms with van der Waals surface area (Å²) in [6.07, 6.45) is 3.28. The zero-order chi connectivity index (χ0) is 21.0. The number of rotatable bonds is 3. The first kappa shape index (κ1) is 17.9. The Morgan fingerprint density at radius 1 is 1.17 bits per heavy atom. The lowest BCUT2D eigenvalue weighted by atomic mass is 10.0. The second-order valence-corrected chi connectivity index (χ2v) is 7.21. The van der Waals surface area contributed by atoms with Crippen LogP contribution in [0, 0.1) is 0 Å². The predicted molar refractivity (Wildman–Crippen MR) is 110 cm³/mol. The molecule has 0 aliphatic carbocycles. The quantitative estimate of drug-likeness (QED) is 0.537. The lowest BCUT2D eigenvalue weighted by molar-refractivity contribution is 0.0708. The molecule has 1 atom stereocenters. The number of anilines is 1. The number of carbonyl (C=O) groups is 2. The van der Waals surface area contributed by atoms with E-state index in [1.165, 1.54) is 0 Å². The van der Waals surface area contributed by atoms with Crippen LogP contribution in [-0.2, 0) is 0 Å². The summed E-state index contributed by atoms with van der Waals surface area (Å²) in [6, 6.07) is 10.0. The highest BCUT2D eigenvalue weighted by atomic mass is 16.5. The highest BCUT2D eigenvalue weighted by molar-refractivity contribution is 5.98. The largest absolute Gasteiger partial charge is 0.491 e. The average molecular weight is 402 g/mol. The Hall–Kier alpha value is -4.14. The molecule has 1 aliphatic heterocycles. The molecule has 3 heterocycles. The number of nitrogens with two attached hydrogens (primary N) is 2. The number of likely N-dealkylation sites (N-methyl/N-ethyl adjacent to an activating group) is 1. The summed E-state index contributed by atoms with van der Waals surface area (Å²) in [6.45, 7) is 0.303. The number of nitrogens with zero attached hydrogens (tertiary/aromatic N) is 4. The van der Waals surface area contributed by atoms with Crippen LogP contribution in [0.2, 0.25) is 0 Å². The second kappa shape index (κ2) is 6.45. The van der Waals surface area contributed by atoms with Gasteiger partial charge in [-0.2, -0.15) is 0 Å². The molecule has 2 aromatic carbocycles. The van der Waals surface area contributed by atoms with Crippen LogP contribution in [-0.4, -0.2) is 44.7 Å². The van der Waals surface area contributed by atoms with E-state index in [1.54, 1.807) is 60.9 Å². The third kappa shape index (κ3) is 2.63. The summed E-state index contributed by atoms with van der Waals surface area (Å²) in [4.78, 5) is 34.8. The van der Waals surface area contributed by atoms with Crippen molar-refractivity contribution in [1.82, 2.24) is 19.3 Å². The van der Waals surface area contributed by atoms with E-state index in [4.69, 9.17) is 16.2 Å². The van der Waals surface area contributed by atoms with E-state index in [2.05, 4.69) is 9.97 Å². The van der Waals surface area contributed by atoms with Gasteiger partial charge in [-0.25, -0.2) is 9.97 Å². The maximum atomic E-state index is 13.2. The Labute approximate surface area is 170 Å². The Morgan fingerprint density at radius 2 is 1.97 bits per heavy atom. The van der Waals surface area contributed by atoms with Crippen LogP contribution in [0.4, 0.5) is 5.82 Å². The molecule has 0 saturated heterocycles. The molecule has 2 amide bonds. The van der Waals surface area contributed by atoms with Gasteiger partial charge in [0, 0.05) is 23.7 Å². The number of fused-ring (bicyclic) bond motifs is 4. The van der Waals surface area contributed by atoms with Crippen molar-refractivity contribution in [2.75, 3.05) is 19.4 Å². The predicted octanol–water partition coefficient (Wildman–Crippen LogP) is 1.77. The summed E-state index contributed by atoms with van der Waals surface area (Å²) in [5.41, 5.74) is 15.1. The van der Waals surface area contributed by atoms with Gasteiger partial charge in [0.25, 0.3) is 5.91 Å². The fourth-order valence-electron chi connectivity index (χ4n) is 3.82. The molecule has 0 fully saturated rings. The highest BCUT2D eigenvalue weighted by Gasteiger charge is 2.31. The Kier molecular flexibility index (Phi) is 3.85. The third-order valence-corrected chi connectivity index (χ3v) is 5.47. The Bertz CT molecular complexity index is 1350. The summed E-state index contributed by atoms with van der Waals surface area (Å²) in [5, 5.41) is 0. The molecular formula is C21H18N6O3. The maximum absolute atomic E-state index is 13.2. The minimum Gasteiger partial charge on any atom is -0.491 e. The number of amides is 2. The van der Waals surface area contributed by atoms with E-state index in [0.717, 1.165) is 11.1 Å². The van der Waals surface area contributed by atoms with Crippen LogP contribution in [0.1, 0.15) is 32.3 Å². The van der Waals surface area contributed by atoms with Gasteiger partial charge in [-0.05, 0) is 30.3 Å². The molecule has 4 aromatic rings. The summed E-state index contributed by atoms with van der Waals surface area (Å²) in [5.74, 6) is 0.258. The fraction of sp³-hybridized carbons (Fsp3) is 0.143. The molecule has 0 saturated carbocycles. The van der Waals surface area contributed by atoms with E-state index in [0.29, 0.717) is 40.3 Å².